The van der Waals surface area contributed by atoms with E-state index in [0.717, 1.165) is 44.0 Å². The predicted octanol–water partition coefficient (Wildman–Crippen LogP) is 4.15. The predicted molar refractivity (Wildman–Crippen MR) is 132 cm³/mol. The molecule has 2 heterocycles. The molecule has 0 spiro atoms. The van der Waals surface area contributed by atoms with Gasteiger partial charge < -0.3 is 14.8 Å². The third-order valence-corrected chi connectivity index (χ3v) is 5.81. The van der Waals surface area contributed by atoms with Crippen molar-refractivity contribution in [2.45, 2.75) is 25.9 Å². The smallest absolute Gasteiger partial charge is 0.250 e. The molecule has 0 aliphatic carbocycles. The first-order chi connectivity index (χ1) is 15.7. The van der Waals surface area contributed by atoms with Gasteiger partial charge in [0.2, 0.25) is 0 Å². The van der Waals surface area contributed by atoms with Crippen LogP contribution < -0.4 is 10.9 Å². The number of hydrogen-bond acceptors (Lipinski definition) is 2. The minimum Gasteiger partial charge on any atom is -0.352 e. The maximum atomic E-state index is 11.9. The number of rotatable bonds is 5. The Balaban J connectivity index is 1.29. The van der Waals surface area contributed by atoms with Crippen LogP contribution in [0.15, 0.2) is 94.4 Å². The van der Waals surface area contributed by atoms with Gasteiger partial charge in [-0.2, -0.15) is 0 Å². The Labute approximate surface area is 189 Å². The summed E-state index contributed by atoms with van der Waals surface area (Å²) in [6.07, 6.45) is 6.26. The highest BCUT2D eigenvalue weighted by Gasteiger charge is 2.17. The average molecular weight is 427 g/mol. The topological polar surface area (TPSA) is 49.6 Å². The lowest BCUT2D eigenvalue weighted by molar-refractivity contribution is 0.375. The first kappa shape index (κ1) is 21.6. The van der Waals surface area contributed by atoms with E-state index in [0.29, 0.717) is 6.54 Å². The summed E-state index contributed by atoms with van der Waals surface area (Å²) < 4.78 is 1.71. The van der Waals surface area contributed by atoms with Gasteiger partial charge in [-0.15, -0.1) is 0 Å². The zero-order valence-electron chi connectivity index (χ0n) is 18.6. The van der Waals surface area contributed by atoms with E-state index < -0.39 is 0 Å². The number of likely N-dealkylation sites (tertiary alicyclic amines) is 1. The number of nitrogens with zero attached hydrogens (tertiary/aromatic N) is 3. The summed E-state index contributed by atoms with van der Waals surface area (Å²) in [4.78, 5) is 18.7. The summed E-state index contributed by atoms with van der Waals surface area (Å²) >= 11 is 0. The lowest BCUT2D eigenvalue weighted by atomic mass is 10.0. The van der Waals surface area contributed by atoms with Crippen LogP contribution in [0.4, 0.5) is 0 Å². The second-order valence-electron chi connectivity index (χ2n) is 8.08. The van der Waals surface area contributed by atoms with E-state index in [1.165, 1.54) is 16.7 Å². The van der Waals surface area contributed by atoms with Crippen LogP contribution in [0.5, 0.6) is 0 Å². The quantitative estimate of drug-likeness (QED) is 0.493. The fourth-order valence-electron chi connectivity index (χ4n) is 4.00. The molecule has 5 nitrogen and oxygen atoms in total. The monoisotopic (exact) mass is 426 g/mol. The minimum atomic E-state index is 0.0188. The Bertz CT molecular complexity index is 1120. The van der Waals surface area contributed by atoms with Gasteiger partial charge in [0.15, 0.2) is 5.96 Å². The fraction of sp³-hybridized carbons (Fsp3) is 0.259. The molecule has 5 heteroatoms. The summed E-state index contributed by atoms with van der Waals surface area (Å²) in [5, 5.41) is 3.50. The fourth-order valence-corrected chi connectivity index (χ4v) is 4.00. The van der Waals surface area contributed by atoms with Crippen LogP contribution in [0, 0.1) is 0 Å². The molecule has 32 heavy (non-hydrogen) atoms. The van der Waals surface area contributed by atoms with Gasteiger partial charge in [-0.25, -0.2) is 0 Å². The van der Waals surface area contributed by atoms with Crippen molar-refractivity contribution < 1.29 is 0 Å². The number of aliphatic imine (C=N–C) groups is 1. The minimum absolute atomic E-state index is 0.0188. The summed E-state index contributed by atoms with van der Waals surface area (Å²) in [6, 6.07) is 24.2. The first-order valence-corrected chi connectivity index (χ1v) is 11.1. The Morgan fingerprint density at radius 3 is 2.31 bits per heavy atom. The summed E-state index contributed by atoms with van der Waals surface area (Å²) in [7, 11) is 1.85. The van der Waals surface area contributed by atoms with Crippen LogP contribution >= 0.6 is 0 Å². The van der Waals surface area contributed by atoms with Crippen molar-refractivity contribution in [3.05, 3.63) is 112 Å². The van der Waals surface area contributed by atoms with Crippen LogP contribution in [0.2, 0.25) is 0 Å². The van der Waals surface area contributed by atoms with E-state index in [1.54, 1.807) is 16.7 Å². The average Bonchev–Trinajstić information content (AvgIpc) is 2.83. The zero-order valence-corrected chi connectivity index (χ0v) is 18.6. The normalized spacial score (nSPS) is 14.3. The maximum Gasteiger partial charge on any atom is 0.250 e. The van der Waals surface area contributed by atoms with E-state index in [1.807, 2.05) is 19.3 Å². The van der Waals surface area contributed by atoms with Crippen molar-refractivity contribution in [2.24, 2.45) is 4.99 Å². The Hall–Kier alpha value is -3.60. The number of aromatic nitrogens is 1. The van der Waals surface area contributed by atoms with Crippen LogP contribution in [-0.2, 0) is 13.1 Å². The van der Waals surface area contributed by atoms with Crippen molar-refractivity contribution in [1.29, 1.82) is 0 Å². The van der Waals surface area contributed by atoms with Crippen molar-refractivity contribution in [3.8, 4) is 0 Å². The van der Waals surface area contributed by atoms with Gasteiger partial charge in [0, 0.05) is 38.9 Å². The van der Waals surface area contributed by atoms with Crippen molar-refractivity contribution in [2.75, 3.05) is 20.1 Å². The zero-order chi connectivity index (χ0) is 22.2. The molecule has 1 aliphatic heterocycles. The van der Waals surface area contributed by atoms with Gasteiger partial charge in [-0.3, -0.25) is 9.79 Å². The maximum absolute atomic E-state index is 11.9. The molecule has 1 saturated heterocycles. The molecule has 0 atom stereocenters. The van der Waals surface area contributed by atoms with Crippen LogP contribution in [0.3, 0.4) is 0 Å². The lowest BCUT2D eigenvalue weighted by Gasteiger charge is -2.31. The third kappa shape index (κ3) is 5.76. The van der Waals surface area contributed by atoms with Crippen molar-refractivity contribution >= 4 is 12.0 Å². The molecule has 0 radical (unpaired) electrons. The number of nitrogens with one attached hydrogen (secondary N) is 1. The molecule has 0 bridgehead atoms. The lowest BCUT2D eigenvalue weighted by Crippen LogP contribution is -2.44. The van der Waals surface area contributed by atoms with Gasteiger partial charge in [0.05, 0.1) is 6.54 Å². The molecule has 1 fully saturated rings. The van der Waals surface area contributed by atoms with Crippen LogP contribution in [-0.4, -0.2) is 35.6 Å². The second kappa shape index (κ2) is 10.6. The van der Waals surface area contributed by atoms with E-state index >= 15 is 0 Å². The van der Waals surface area contributed by atoms with Crippen LogP contribution in [0.25, 0.3) is 6.08 Å². The standard InChI is InChI=1S/C27H30N4O/c1-28-27(30-17-14-23(15-18-30)19-22-7-3-2-4-8-22)29-20-24-10-12-25(13-11-24)21-31-16-6-5-9-26(31)32/h2-13,16,19H,14-15,17-18,20-21H2,1H3,(H,28,29). The number of piperidine rings is 1. The molecule has 1 aliphatic rings. The highest BCUT2D eigenvalue weighted by atomic mass is 16.1. The van der Waals surface area contributed by atoms with E-state index in [4.69, 9.17) is 0 Å². The summed E-state index contributed by atoms with van der Waals surface area (Å²) in [5.74, 6) is 0.948. The molecular formula is C27H30N4O. The molecule has 0 unspecified atom stereocenters. The molecule has 4 rings (SSSR count). The number of hydrogen-bond donors (Lipinski definition) is 1. The SMILES string of the molecule is CN=C(NCc1ccc(Cn2ccccc2=O)cc1)N1CCC(=Cc2ccccc2)CC1. The summed E-state index contributed by atoms with van der Waals surface area (Å²) in [5.41, 5.74) is 5.09. The highest BCUT2D eigenvalue weighted by molar-refractivity contribution is 5.80. The van der Waals surface area contributed by atoms with Crippen molar-refractivity contribution in [3.63, 3.8) is 0 Å². The van der Waals surface area contributed by atoms with Crippen molar-refractivity contribution in [1.82, 2.24) is 14.8 Å². The number of benzene rings is 2. The van der Waals surface area contributed by atoms with E-state index in [9.17, 15) is 4.79 Å². The van der Waals surface area contributed by atoms with E-state index in [-0.39, 0.29) is 5.56 Å². The Kier molecular flexibility index (Phi) is 7.18. The highest BCUT2D eigenvalue weighted by Crippen LogP contribution is 2.19. The second-order valence-corrected chi connectivity index (χ2v) is 8.08. The molecule has 1 N–H and O–H groups in total. The first-order valence-electron chi connectivity index (χ1n) is 11.1. The largest absolute Gasteiger partial charge is 0.352 e. The Morgan fingerprint density at radius 1 is 0.938 bits per heavy atom. The summed E-state index contributed by atoms with van der Waals surface area (Å²) in [6.45, 7) is 3.26. The molecule has 1 aromatic heterocycles. The molecule has 3 aromatic rings. The van der Waals surface area contributed by atoms with Gasteiger partial charge in [0.1, 0.15) is 0 Å². The Morgan fingerprint density at radius 2 is 1.62 bits per heavy atom. The third-order valence-electron chi connectivity index (χ3n) is 5.81. The molecule has 0 amide bonds. The van der Waals surface area contributed by atoms with Gasteiger partial charge in [-0.1, -0.05) is 72.3 Å². The van der Waals surface area contributed by atoms with E-state index in [2.05, 4.69) is 75.9 Å². The van der Waals surface area contributed by atoms with Crippen LogP contribution in [0.1, 0.15) is 29.5 Å². The number of guanidine groups is 1. The molecule has 2 aromatic carbocycles. The number of pyridine rings is 1. The molecular weight excluding hydrogens is 396 g/mol. The molecule has 164 valence electrons. The van der Waals surface area contributed by atoms with Gasteiger partial charge in [0.25, 0.3) is 5.56 Å². The molecule has 0 saturated carbocycles. The van der Waals surface area contributed by atoms with Gasteiger partial charge in [-0.05, 0) is 35.6 Å². The van der Waals surface area contributed by atoms with Gasteiger partial charge >= 0.3 is 0 Å².